The number of hydrogen-bond donors (Lipinski definition) is 1. The molecule has 1 aliphatic rings. The highest BCUT2D eigenvalue weighted by atomic mass is 35.5. The minimum Gasteiger partial charge on any atom is -0.494 e. The topological polar surface area (TPSA) is 96.0 Å². The van der Waals surface area contributed by atoms with Crippen LogP contribution >= 0.6 is 23.4 Å². The van der Waals surface area contributed by atoms with Crippen molar-refractivity contribution in [3.8, 4) is 5.75 Å². The number of hydrogen-bond acceptors (Lipinski definition) is 6. The number of carbonyl (C=O) groups excluding carboxylic acids is 2. The minimum absolute atomic E-state index is 0.0308. The predicted octanol–water partition coefficient (Wildman–Crippen LogP) is 7.35. The molecular formula is C38H42ClN3O5S2. The van der Waals surface area contributed by atoms with E-state index in [1.807, 2.05) is 55.6 Å². The summed E-state index contributed by atoms with van der Waals surface area (Å²) < 4.78 is 35.4. The van der Waals surface area contributed by atoms with Gasteiger partial charge in [-0.25, -0.2) is 8.42 Å². The summed E-state index contributed by atoms with van der Waals surface area (Å²) in [5.74, 6) is -0.202. The summed E-state index contributed by atoms with van der Waals surface area (Å²) in [6.45, 7) is 1.86. The van der Waals surface area contributed by atoms with Gasteiger partial charge < -0.3 is 15.0 Å². The van der Waals surface area contributed by atoms with E-state index in [4.69, 9.17) is 16.3 Å². The summed E-state index contributed by atoms with van der Waals surface area (Å²) in [5.41, 5.74) is 1.94. The number of benzene rings is 4. The van der Waals surface area contributed by atoms with E-state index >= 15 is 0 Å². The molecule has 1 unspecified atom stereocenters. The number of anilines is 1. The van der Waals surface area contributed by atoms with Crippen molar-refractivity contribution in [1.29, 1.82) is 0 Å². The summed E-state index contributed by atoms with van der Waals surface area (Å²) >= 11 is 7.70. The molecule has 8 nitrogen and oxygen atoms in total. The largest absolute Gasteiger partial charge is 0.494 e. The van der Waals surface area contributed by atoms with Crippen LogP contribution in [0.4, 0.5) is 5.69 Å². The number of ether oxygens (including phenoxy) is 1. The molecule has 0 aliphatic heterocycles. The van der Waals surface area contributed by atoms with E-state index in [-0.39, 0.29) is 29.8 Å². The fourth-order valence-electron chi connectivity index (χ4n) is 5.99. The van der Waals surface area contributed by atoms with Gasteiger partial charge in [-0.2, -0.15) is 0 Å². The Hall–Kier alpha value is -3.99. The monoisotopic (exact) mass is 719 g/mol. The Balaban J connectivity index is 1.56. The number of thioether (sulfide) groups is 1. The van der Waals surface area contributed by atoms with Crippen molar-refractivity contribution in [1.82, 2.24) is 10.2 Å². The van der Waals surface area contributed by atoms with Gasteiger partial charge in [-0.1, -0.05) is 66.9 Å². The SMILES string of the molecule is CCOc1ccc(N(CC(=O)N(Cc2ccc(Cl)cc2)C(Cc2ccccc2)C(=O)NC2CCCC2)S(=O)(=O)c2ccc(SC)cc2)cc1. The number of nitrogens with one attached hydrogen (secondary N) is 1. The number of halogens is 1. The van der Waals surface area contributed by atoms with E-state index < -0.39 is 28.5 Å². The van der Waals surface area contributed by atoms with E-state index in [1.54, 1.807) is 60.7 Å². The molecule has 1 saturated carbocycles. The molecular weight excluding hydrogens is 678 g/mol. The molecule has 4 aromatic carbocycles. The molecule has 1 fully saturated rings. The molecule has 1 aliphatic carbocycles. The normalized spacial score (nSPS) is 13.9. The van der Waals surface area contributed by atoms with E-state index in [9.17, 15) is 18.0 Å². The molecule has 11 heteroatoms. The maximum Gasteiger partial charge on any atom is 0.264 e. The van der Waals surface area contributed by atoms with Crippen LogP contribution in [-0.2, 0) is 32.6 Å². The third kappa shape index (κ3) is 9.59. The van der Waals surface area contributed by atoms with Crippen molar-refractivity contribution in [2.24, 2.45) is 0 Å². The second-order valence-corrected chi connectivity index (χ2v) is 15.1. The van der Waals surface area contributed by atoms with E-state index in [0.717, 1.165) is 46.0 Å². The third-order valence-electron chi connectivity index (χ3n) is 8.60. The first-order valence-electron chi connectivity index (χ1n) is 16.5. The summed E-state index contributed by atoms with van der Waals surface area (Å²) in [7, 11) is -4.22. The highest BCUT2D eigenvalue weighted by Crippen LogP contribution is 2.28. The Morgan fingerprint density at radius 1 is 0.898 bits per heavy atom. The molecule has 258 valence electrons. The number of sulfonamides is 1. The fourth-order valence-corrected chi connectivity index (χ4v) is 7.94. The van der Waals surface area contributed by atoms with Crippen molar-refractivity contribution in [2.45, 2.75) is 67.4 Å². The maximum absolute atomic E-state index is 14.7. The molecule has 1 N–H and O–H groups in total. The molecule has 4 aromatic rings. The zero-order valence-corrected chi connectivity index (χ0v) is 30.1. The second-order valence-electron chi connectivity index (χ2n) is 12.0. The molecule has 2 amide bonds. The van der Waals surface area contributed by atoms with Crippen LogP contribution in [0.15, 0.2) is 113 Å². The van der Waals surface area contributed by atoms with Crippen LogP contribution in [-0.4, -0.2) is 56.6 Å². The van der Waals surface area contributed by atoms with Gasteiger partial charge >= 0.3 is 0 Å². The van der Waals surface area contributed by atoms with Crippen molar-refractivity contribution in [3.63, 3.8) is 0 Å². The van der Waals surface area contributed by atoms with E-state index in [2.05, 4.69) is 5.32 Å². The Bertz CT molecular complexity index is 1780. The summed E-state index contributed by atoms with van der Waals surface area (Å²) in [6.07, 6.45) is 6.01. The Morgan fingerprint density at radius 3 is 2.16 bits per heavy atom. The first-order chi connectivity index (χ1) is 23.7. The molecule has 49 heavy (non-hydrogen) atoms. The Morgan fingerprint density at radius 2 is 1.55 bits per heavy atom. The fraction of sp³-hybridized carbons (Fsp3) is 0.316. The van der Waals surface area contributed by atoms with Gasteiger partial charge in [0, 0.05) is 28.9 Å². The van der Waals surface area contributed by atoms with Gasteiger partial charge in [-0.05, 0) is 97.8 Å². The van der Waals surface area contributed by atoms with Crippen LogP contribution in [0.25, 0.3) is 0 Å². The minimum atomic E-state index is -4.22. The lowest BCUT2D eigenvalue weighted by Gasteiger charge is -2.34. The van der Waals surface area contributed by atoms with Gasteiger partial charge in [0.2, 0.25) is 11.8 Å². The number of carbonyl (C=O) groups is 2. The van der Waals surface area contributed by atoms with Crippen LogP contribution in [0.3, 0.4) is 0 Å². The Labute approximate surface area is 298 Å². The highest BCUT2D eigenvalue weighted by molar-refractivity contribution is 7.98. The Kier molecular flexibility index (Phi) is 12.7. The van der Waals surface area contributed by atoms with Crippen molar-refractivity contribution < 1.29 is 22.7 Å². The smallest absolute Gasteiger partial charge is 0.264 e. The second kappa shape index (κ2) is 17.1. The number of nitrogens with zero attached hydrogens (tertiary/aromatic N) is 2. The average molecular weight is 720 g/mol. The molecule has 1 atom stereocenters. The highest BCUT2D eigenvalue weighted by Gasteiger charge is 2.35. The van der Waals surface area contributed by atoms with Gasteiger partial charge in [-0.15, -0.1) is 11.8 Å². The maximum atomic E-state index is 14.7. The first-order valence-corrected chi connectivity index (χ1v) is 19.5. The molecule has 5 rings (SSSR count). The van der Waals surface area contributed by atoms with Gasteiger partial charge in [0.05, 0.1) is 17.2 Å². The summed E-state index contributed by atoms with van der Waals surface area (Å²) in [5, 5.41) is 3.74. The molecule has 0 heterocycles. The molecule has 0 bridgehead atoms. The van der Waals surface area contributed by atoms with Crippen LogP contribution in [0.1, 0.15) is 43.7 Å². The van der Waals surface area contributed by atoms with Crippen LogP contribution < -0.4 is 14.4 Å². The van der Waals surface area contributed by atoms with Crippen LogP contribution in [0, 0.1) is 0 Å². The molecule has 0 spiro atoms. The van der Waals surface area contributed by atoms with Crippen molar-refractivity contribution in [3.05, 3.63) is 119 Å². The lowest BCUT2D eigenvalue weighted by molar-refractivity contribution is -0.140. The van der Waals surface area contributed by atoms with Crippen molar-refractivity contribution in [2.75, 3.05) is 23.7 Å². The standard InChI is InChI=1S/C38H42ClN3O5S2/c1-3-47-33-19-17-32(18-20-33)42(49(45,46)35-23-21-34(48-2)22-24-35)27-37(43)41(26-29-13-15-30(39)16-14-29)36(25-28-9-5-4-6-10-28)38(44)40-31-11-7-8-12-31/h4-6,9-10,13-24,31,36H,3,7-8,11-12,25-27H2,1-2H3,(H,40,44). The summed E-state index contributed by atoms with van der Waals surface area (Å²) in [4.78, 5) is 31.3. The lowest BCUT2D eigenvalue weighted by atomic mass is 10.0. The van der Waals surface area contributed by atoms with Gasteiger partial charge in [0.15, 0.2) is 0 Å². The van der Waals surface area contributed by atoms with Crippen molar-refractivity contribution >= 4 is 50.9 Å². The van der Waals surface area contributed by atoms with Gasteiger partial charge in [0.1, 0.15) is 18.3 Å². The summed E-state index contributed by atoms with van der Waals surface area (Å²) in [6, 6.07) is 29.0. The zero-order chi connectivity index (χ0) is 34.8. The first kappa shape index (κ1) is 36.3. The van der Waals surface area contributed by atoms with E-state index in [0.29, 0.717) is 23.1 Å². The molecule has 0 aromatic heterocycles. The zero-order valence-electron chi connectivity index (χ0n) is 27.8. The molecule has 0 radical (unpaired) electrons. The number of amides is 2. The van der Waals surface area contributed by atoms with Gasteiger partial charge in [-0.3, -0.25) is 13.9 Å². The van der Waals surface area contributed by atoms with Crippen LogP contribution in [0.5, 0.6) is 5.75 Å². The quantitative estimate of drug-likeness (QED) is 0.129. The lowest BCUT2D eigenvalue weighted by Crippen LogP contribution is -2.54. The predicted molar refractivity (Wildman–Crippen MR) is 197 cm³/mol. The van der Waals surface area contributed by atoms with Gasteiger partial charge in [0.25, 0.3) is 10.0 Å². The molecule has 0 saturated heterocycles. The third-order valence-corrected chi connectivity index (χ3v) is 11.4. The van der Waals surface area contributed by atoms with E-state index in [1.165, 1.54) is 16.7 Å². The average Bonchev–Trinajstić information content (AvgIpc) is 3.63. The number of rotatable bonds is 15. The van der Waals surface area contributed by atoms with Crippen LogP contribution in [0.2, 0.25) is 5.02 Å².